The summed E-state index contributed by atoms with van der Waals surface area (Å²) in [5, 5.41) is 8.51. The molecule has 1 fully saturated rings. The van der Waals surface area contributed by atoms with Crippen molar-refractivity contribution in [2.45, 2.75) is 55.7 Å². The van der Waals surface area contributed by atoms with Gasteiger partial charge in [0.2, 0.25) is 0 Å². The number of nitrogens with two attached hydrogens (primary N) is 2. The Balaban J connectivity index is 0.000000206. The number of rotatable bonds is 6. The van der Waals surface area contributed by atoms with Crippen molar-refractivity contribution in [3.63, 3.8) is 0 Å². The van der Waals surface area contributed by atoms with Crippen LogP contribution in [0.2, 0.25) is 0 Å². The molecule has 1 saturated carbocycles. The molecule has 0 spiro atoms. The number of benzene rings is 3. The van der Waals surface area contributed by atoms with Gasteiger partial charge in [-0.25, -0.2) is 4.79 Å². The molecule has 2 atom stereocenters. The largest absolute Gasteiger partial charge is 0.480 e. The molecule has 0 amide bonds. The van der Waals surface area contributed by atoms with Gasteiger partial charge in [0.25, 0.3) is 10.1 Å². The van der Waals surface area contributed by atoms with E-state index < -0.39 is 28.2 Å². The van der Waals surface area contributed by atoms with Crippen molar-refractivity contribution in [2.24, 2.45) is 11.5 Å². The number of carboxylic acid groups (broad SMARTS) is 1. The third-order valence-electron chi connectivity index (χ3n) is 5.74. The van der Waals surface area contributed by atoms with Crippen molar-refractivity contribution < 1.29 is 32.4 Å². The summed E-state index contributed by atoms with van der Waals surface area (Å²) in [6.07, 6.45) is 4.35. The summed E-state index contributed by atoms with van der Waals surface area (Å²) in [6.45, 7) is 1.84. The third kappa shape index (κ3) is 10.4. The minimum Gasteiger partial charge on any atom is -0.480 e. The molecular formula is C28H34N2O7S. The van der Waals surface area contributed by atoms with Gasteiger partial charge in [0, 0.05) is 0 Å². The molecule has 0 unspecified atom stereocenters. The molecule has 6 N–H and O–H groups in total. The fourth-order valence-electron chi connectivity index (χ4n) is 3.55. The number of aryl methyl sites for hydroxylation is 1. The summed E-state index contributed by atoms with van der Waals surface area (Å²) in [7, 11) is -4.02. The van der Waals surface area contributed by atoms with Crippen molar-refractivity contribution in [3.8, 4) is 0 Å². The second-order valence-corrected chi connectivity index (χ2v) is 10.2. The van der Waals surface area contributed by atoms with E-state index in [1.54, 1.807) is 36.4 Å². The van der Waals surface area contributed by atoms with Gasteiger partial charge in [-0.3, -0.25) is 9.35 Å². The first-order valence-electron chi connectivity index (χ1n) is 12.1. The Kier molecular flexibility index (Phi) is 12.1. The van der Waals surface area contributed by atoms with Crippen LogP contribution in [0.1, 0.15) is 54.5 Å². The Labute approximate surface area is 223 Å². The van der Waals surface area contributed by atoms with Gasteiger partial charge >= 0.3 is 11.9 Å². The van der Waals surface area contributed by atoms with E-state index in [1.807, 2.05) is 43.3 Å². The number of carbonyl (C=O) groups is 2. The van der Waals surface area contributed by atoms with Crippen LogP contribution in [0.25, 0.3) is 0 Å². The zero-order valence-electron chi connectivity index (χ0n) is 21.1. The molecule has 0 aliphatic heterocycles. The Morgan fingerprint density at radius 3 is 1.68 bits per heavy atom. The zero-order chi connectivity index (χ0) is 28.1. The number of ether oxygens (including phenoxy) is 1. The van der Waals surface area contributed by atoms with Crippen LogP contribution < -0.4 is 11.5 Å². The summed E-state index contributed by atoms with van der Waals surface area (Å²) in [4.78, 5) is 22.1. The lowest BCUT2D eigenvalue weighted by Gasteiger charge is -2.15. The molecule has 10 heteroatoms. The Hall–Kier alpha value is -3.57. The molecule has 0 aromatic heterocycles. The quantitative estimate of drug-likeness (QED) is 0.263. The maximum atomic E-state index is 11.8. The minimum absolute atomic E-state index is 0.0666. The fraction of sp³-hybridized carbons (Fsp3) is 0.286. The molecule has 0 heterocycles. The molecule has 0 radical (unpaired) electrons. The average Bonchev–Trinajstić information content (AvgIpc) is 3.42. The second kappa shape index (κ2) is 15.0. The molecule has 3 aromatic rings. The predicted molar refractivity (Wildman–Crippen MR) is 144 cm³/mol. The standard InChI is InChI=1S/C13H17NO2.C8H9NO2.C7H8O3S/c14-12(10-6-2-1-3-7-10)13(15)16-11-8-4-5-9-11;9-7(8(10)11)6-4-2-1-3-5-6;1-6-2-4-7(5-3-6)11(8,9)10/h1-3,6-7,11-12H,4-5,8-9,14H2;1-5,7H,9H2,(H,10,11);2-5H,1H3,(H,8,9,10)/t12-;7-;/m00./s1. The van der Waals surface area contributed by atoms with Crippen molar-refractivity contribution in [1.82, 2.24) is 0 Å². The molecule has 0 saturated heterocycles. The number of carboxylic acids is 1. The first-order chi connectivity index (χ1) is 18.0. The lowest BCUT2D eigenvalue weighted by Crippen LogP contribution is -2.27. The van der Waals surface area contributed by atoms with Crippen LogP contribution in [-0.4, -0.2) is 36.1 Å². The highest BCUT2D eigenvalue weighted by Gasteiger charge is 2.23. The highest BCUT2D eigenvalue weighted by molar-refractivity contribution is 7.85. The van der Waals surface area contributed by atoms with E-state index in [0.717, 1.165) is 36.8 Å². The molecular weight excluding hydrogens is 508 g/mol. The fourth-order valence-corrected chi connectivity index (χ4v) is 4.03. The molecule has 38 heavy (non-hydrogen) atoms. The van der Waals surface area contributed by atoms with Crippen LogP contribution in [0.3, 0.4) is 0 Å². The molecule has 4 rings (SSSR count). The zero-order valence-corrected chi connectivity index (χ0v) is 22.0. The predicted octanol–water partition coefficient (Wildman–Crippen LogP) is 4.18. The number of carbonyl (C=O) groups excluding carboxylic acids is 1. The topological polar surface area (TPSA) is 170 Å². The minimum atomic E-state index is -4.02. The molecule has 3 aromatic carbocycles. The highest BCUT2D eigenvalue weighted by atomic mass is 32.2. The van der Waals surface area contributed by atoms with Gasteiger partial charge in [0.1, 0.15) is 18.2 Å². The van der Waals surface area contributed by atoms with Gasteiger partial charge in [0.05, 0.1) is 4.90 Å². The van der Waals surface area contributed by atoms with Gasteiger partial charge in [-0.05, 0) is 55.9 Å². The molecule has 0 bridgehead atoms. The number of esters is 1. The van der Waals surface area contributed by atoms with E-state index in [2.05, 4.69) is 0 Å². The highest BCUT2D eigenvalue weighted by Crippen LogP contribution is 2.23. The molecule has 1 aliphatic carbocycles. The van der Waals surface area contributed by atoms with Gasteiger partial charge in [0.15, 0.2) is 0 Å². The first-order valence-corrected chi connectivity index (χ1v) is 13.5. The maximum Gasteiger partial charge on any atom is 0.327 e. The monoisotopic (exact) mass is 542 g/mol. The van der Waals surface area contributed by atoms with Gasteiger partial charge in [-0.1, -0.05) is 78.4 Å². The molecule has 204 valence electrons. The molecule has 1 aliphatic rings. The Morgan fingerprint density at radius 2 is 1.26 bits per heavy atom. The van der Waals surface area contributed by atoms with E-state index in [0.29, 0.717) is 5.56 Å². The summed E-state index contributed by atoms with van der Waals surface area (Å²) in [5.74, 6) is -1.31. The van der Waals surface area contributed by atoms with Crippen molar-refractivity contribution in [3.05, 3.63) is 102 Å². The van der Waals surface area contributed by atoms with Gasteiger partial charge in [-0.2, -0.15) is 8.42 Å². The van der Waals surface area contributed by atoms with Crippen LogP contribution >= 0.6 is 0 Å². The SMILES string of the molecule is Cc1ccc(S(=O)(=O)O)cc1.N[C@H](C(=O)O)c1ccccc1.N[C@H](C(=O)OC1CCCC1)c1ccccc1. The molecule has 9 nitrogen and oxygen atoms in total. The number of aliphatic carboxylic acids is 1. The number of hydrogen-bond donors (Lipinski definition) is 4. The Morgan fingerprint density at radius 1 is 0.816 bits per heavy atom. The van der Waals surface area contributed by atoms with Crippen LogP contribution in [0, 0.1) is 6.92 Å². The van der Waals surface area contributed by atoms with Gasteiger partial charge in [-0.15, -0.1) is 0 Å². The van der Waals surface area contributed by atoms with Crippen molar-refractivity contribution >= 4 is 22.1 Å². The van der Waals surface area contributed by atoms with E-state index >= 15 is 0 Å². The van der Waals surface area contributed by atoms with E-state index in [9.17, 15) is 18.0 Å². The average molecular weight is 543 g/mol. The Bertz CT molecular complexity index is 1250. The van der Waals surface area contributed by atoms with Crippen molar-refractivity contribution in [1.29, 1.82) is 0 Å². The van der Waals surface area contributed by atoms with Crippen LogP contribution in [0.15, 0.2) is 89.8 Å². The van der Waals surface area contributed by atoms with Gasteiger partial charge < -0.3 is 21.3 Å². The van der Waals surface area contributed by atoms with Crippen LogP contribution in [0.5, 0.6) is 0 Å². The summed E-state index contributed by atoms with van der Waals surface area (Å²) in [5.41, 5.74) is 13.6. The smallest absolute Gasteiger partial charge is 0.327 e. The third-order valence-corrected chi connectivity index (χ3v) is 6.61. The number of hydrogen-bond acceptors (Lipinski definition) is 7. The van der Waals surface area contributed by atoms with Crippen LogP contribution in [0.4, 0.5) is 0 Å². The first kappa shape index (κ1) is 30.7. The summed E-state index contributed by atoms with van der Waals surface area (Å²) < 4.78 is 34.9. The maximum absolute atomic E-state index is 11.8. The summed E-state index contributed by atoms with van der Waals surface area (Å²) in [6, 6.07) is 22.5. The second-order valence-electron chi connectivity index (χ2n) is 8.75. The summed E-state index contributed by atoms with van der Waals surface area (Å²) >= 11 is 0. The lowest BCUT2D eigenvalue weighted by atomic mass is 10.1. The van der Waals surface area contributed by atoms with Crippen molar-refractivity contribution in [2.75, 3.05) is 0 Å². The van der Waals surface area contributed by atoms with E-state index in [4.69, 9.17) is 25.9 Å². The van der Waals surface area contributed by atoms with E-state index in [-0.39, 0.29) is 17.0 Å². The normalized spacial score (nSPS) is 14.6. The lowest BCUT2D eigenvalue weighted by molar-refractivity contribution is -0.150. The van der Waals surface area contributed by atoms with Crippen LogP contribution in [-0.2, 0) is 24.4 Å². The van der Waals surface area contributed by atoms with E-state index in [1.165, 1.54) is 12.1 Å².